The lowest BCUT2D eigenvalue weighted by molar-refractivity contribution is 0.0994. The molecule has 2 unspecified atom stereocenters. The minimum Gasteiger partial charge on any atom is -0.393 e. The predicted octanol–water partition coefficient (Wildman–Crippen LogP) is 3.14. The largest absolute Gasteiger partial charge is 0.393 e. The fourth-order valence-electron chi connectivity index (χ4n) is 1.48. The fraction of sp³-hybridized carbons (Fsp3) is 0.818. The minimum atomic E-state index is -0.110. The first-order chi connectivity index (χ1) is 5.76. The Kier molecular flexibility index (Phi) is 7.17. The molecule has 0 fully saturated rings. The maximum atomic E-state index is 9.64. The molecule has 0 rings (SSSR count). The smallest absolute Gasteiger partial charge is 0.0568 e. The van der Waals surface area contributed by atoms with Crippen molar-refractivity contribution in [2.75, 3.05) is 0 Å². The van der Waals surface area contributed by atoms with Crippen molar-refractivity contribution >= 4 is 0 Å². The van der Waals surface area contributed by atoms with Gasteiger partial charge in [0.2, 0.25) is 0 Å². The van der Waals surface area contributed by atoms with Crippen LogP contribution in [0.25, 0.3) is 0 Å². The van der Waals surface area contributed by atoms with Crippen LogP contribution in [0.2, 0.25) is 0 Å². The molecule has 0 saturated carbocycles. The van der Waals surface area contributed by atoms with Crippen LogP contribution in [0.1, 0.15) is 46.5 Å². The van der Waals surface area contributed by atoms with Crippen LogP contribution in [0, 0.1) is 5.92 Å². The zero-order valence-corrected chi connectivity index (χ0v) is 8.59. The SMILES string of the molecule is C/C=C/CC(CCC)C(O)CC. The molecule has 0 aliphatic heterocycles. The first kappa shape index (κ1) is 11.7. The molecular formula is C11H22O. The third-order valence-corrected chi connectivity index (χ3v) is 2.30. The van der Waals surface area contributed by atoms with Crippen molar-refractivity contribution in [1.29, 1.82) is 0 Å². The van der Waals surface area contributed by atoms with Gasteiger partial charge in [-0.3, -0.25) is 0 Å². The fourth-order valence-corrected chi connectivity index (χ4v) is 1.48. The summed E-state index contributed by atoms with van der Waals surface area (Å²) < 4.78 is 0. The Hall–Kier alpha value is -0.300. The number of aliphatic hydroxyl groups is 1. The normalized spacial score (nSPS) is 16.7. The second-order valence-electron chi connectivity index (χ2n) is 3.33. The van der Waals surface area contributed by atoms with Crippen LogP contribution in [0.5, 0.6) is 0 Å². The molecular weight excluding hydrogens is 148 g/mol. The van der Waals surface area contributed by atoms with Gasteiger partial charge < -0.3 is 5.11 Å². The van der Waals surface area contributed by atoms with Gasteiger partial charge >= 0.3 is 0 Å². The van der Waals surface area contributed by atoms with Gasteiger partial charge in [0.1, 0.15) is 0 Å². The van der Waals surface area contributed by atoms with Crippen LogP contribution in [-0.4, -0.2) is 11.2 Å². The van der Waals surface area contributed by atoms with Crippen molar-refractivity contribution in [2.45, 2.75) is 52.6 Å². The standard InChI is InChI=1S/C11H22O/c1-4-7-9-10(8-5-2)11(12)6-3/h4,7,10-12H,5-6,8-9H2,1-3H3/b7-4+. The Morgan fingerprint density at radius 3 is 2.42 bits per heavy atom. The molecule has 0 aliphatic carbocycles. The van der Waals surface area contributed by atoms with Crippen LogP contribution < -0.4 is 0 Å². The molecule has 0 aliphatic rings. The zero-order chi connectivity index (χ0) is 9.40. The molecule has 1 N–H and O–H groups in total. The molecule has 12 heavy (non-hydrogen) atoms. The summed E-state index contributed by atoms with van der Waals surface area (Å²) in [4.78, 5) is 0. The summed E-state index contributed by atoms with van der Waals surface area (Å²) in [5, 5.41) is 9.64. The Balaban J connectivity index is 3.84. The first-order valence-corrected chi connectivity index (χ1v) is 5.05. The predicted molar refractivity (Wildman–Crippen MR) is 54.1 cm³/mol. The summed E-state index contributed by atoms with van der Waals surface area (Å²) in [6.45, 7) is 6.25. The van der Waals surface area contributed by atoms with E-state index < -0.39 is 0 Å². The van der Waals surface area contributed by atoms with Crippen molar-refractivity contribution in [3.63, 3.8) is 0 Å². The van der Waals surface area contributed by atoms with Crippen LogP contribution in [0.15, 0.2) is 12.2 Å². The van der Waals surface area contributed by atoms with Gasteiger partial charge in [0.25, 0.3) is 0 Å². The summed E-state index contributed by atoms with van der Waals surface area (Å²) in [5.74, 6) is 0.469. The van der Waals surface area contributed by atoms with Gasteiger partial charge in [-0.1, -0.05) is 32.4 Å². The Morgan fingerprint density at radius 2 is 2.00 bits per heavy atom. The van der Waals surface area contributed by atoms with E-state index in [1.165, 1.54) is 6.42 Å². The van der Waals surface area contributed by atoms with E-state index in [2.05, 4.69) is 19.1 Å². The van der Waals surface area contributed by atoms with E-state index in [1.807, 2.05) is 13.8 Å². The van der Waals surface area contributed by atoms with Crippen molar-refractivity contribution in [2.24, 2.45) is 5.92 Å². The maximum absolute atomic E-state index is 9.64. The summed E-state index contributed by atoms with van der Waals surface area (Å²) in [7, 11) is 0. The van der Waals surface area contributed by atoms with Gasteiger partial charge in [0.15, 0.2) is 0 Å². The number of hydrogen-bond donors (Lipinski definition) is 1. The van der Waals surface area contributed by atoms with E-state index in [9.17, 15) is 5.11 Å². The van der Waals surface area contributed by atoms with E-state index >= 15 is 0 Å². The number of rotatable bonds is 6. The molecule has 72 valence electrons. The van der Waals surface area contributed by atoms with Gasteiger partial charge in [-0.05, 0) is 32.1 Å². The lowest BCUT2D eigenvalue weighted by atomic mass is 9.92. The molecule has 0 saturated heterocycles. The van der Waals surface area contributed by atoms with Crippen LogP contribution >= 0.6 is 0 Å². The average molecular weight is 170 g/mol. The number of aliphatic hydroxyl groups excluding tert-OH is 1. The van der Waals surface area contributed by atoms with Gasteiger partial charge in [-0.15, -0.1) is 0 Å². The molecule has 0 spiro atoms. The van der Waals surface area contributed by atoms with Crippen LogP contribution in [0.4, 0.5) is 0 Å². The lowest BCUT2D eigenvalue weighted by Gasteiger charge is -2.19. The van der Waals surface area contributed by atoms with Crippen LogP contribution in [-0.2, 0) is 0 Å². The van der Waals surface area contributed by atoms with Gasteiger partial charge in [-0.25, -0.2) is 0 Å². The van der Waals surface area contributed by atoms with Crippen molar-refractivity contribution in [1.82, 2.24) is 0 Å². The monoisotopic (exact) mass is 170 g/mol. The topological polar surface area (TPSA) is 20.2 Å². The second kappa shape index (κ2) is 7.35. The van der Waals surface area contributed by atoms with E-state index in [0.717, 1.165) is 19.3 Å². The quantitative estimate of drug-likeness (QED) is 0.607. The molecule has 0 aromatic heterocycles. The summed E-state index contributed by atoms with van der Waals surface area (Å²) in [6.07, 6.45) is 8.31. The van der Waals surface area contributed by atoms with Gasteiger partial charge in [0, 0.05) is 0 Å². The maximum Gasteiger partial charge on any atom is 0.0568 e. The number of hydrogen-bond acceptors (Lipinski definition) is 1. The third kappa shape index (κ3) is 4.55. The highest BCUT2D eigenvalue weighted by Crippen LogP contribution is 2.18. The van der Waals surface area contributed by atoms with E-state index in [-0.39, 0.29) is 6.10 Å². The van der Waals surface area contributed by atoms with Crippen molar-refractivity contribution < 1.29 is 5.11 Å². The Morgan fingerprint density at radius 1 is 1.33 bits per heavy atom. The Labute approximate surface area is 76.5 Å². The zero-order valence-electron chi connectivity index (χ0n) is 8.59. The van der Waals surface area contributed by atoms with Gasteiger partial charge in [-0.2, -0.15) is 0 Å². The molecule has 2 atom stereocenters. The first-order valence-electron chi connectivity index (χ1n) is 5.05. The molecule has 0 bridgehead atoms. The minimum absolute atomic E-state index is 0.110. The molecule has 0 aromatic carbocycles. The van der Waals surface area contributed by atoms with Crippen molar-refractivity contribution in [3.8, 4) is 0 Å². The van der Waals surface area contributed by atoms with E-state index in [0.29, 0.717) is 5.92 Å². The number of allylic oxidation sites excluding steroid dienone is 2. The summed E-state index contributed by atoms with van der Waals surface area (Å²) in [5.41, 5.74) is 0. The molecule has 0 amide bonds. The summed E-state index contributed by atoms with van der Waals surface area (Å²) >= 11 is 0. The molecule has 1 heteroatoms. The van der Waals surface area contributed by atoms with E-state index in [1.54, 1.807) is 0 Å². The molecule has 1 nitrogen and oxygen atoms in total. The molecule has 0 heterocycles. The molecule has 0 radical (unpaired) electrons. The van der Waals surface area contributed by atoms with E-state index in [4.69, 9.17) is 0 Å². The molecule has 0 aromatic rings. The highest BCUT2D eigenvalue weighted by Gasteiger charge is 2.14. The van der Waals surface area contributed by atoms with Crippen molar-refractivity contribution in [3.05, 3.63) is 12.2 Å². The average Bonchev–Trinajstić information content (AvgIpc) is 2.11. The van der Waals surface area contributed by atoms with Crippen LogP contribution in [0.3, 0.4) is 0 Å². The third-order valence-electron chi connectivity index (χ3n) is 2.30. The lowest BCUT2D eigenvalue weighted by Crippen LogP contribution is -2.18. The second-order valence-corrected chi connectivity index (χ2v) is 3.33. The highest BCUT2D eigenvalue weighted by atomic mass is 16.3. The highest BCUT2D eigenvalue weighted by molar-refractivity contribution is 4.82. The Bertz CT molecular complexity index is 118. The van der Waals surface area contributed by atoms with Gasteiger partial charge in [0.05, 0.1) is 6.10 Å². The summed E-state index contributed by atoms with van der Waals surface area (Å²) in [6, 6.07) is 0.